The highest BCUT2D eigenvalue weighted by atomic mass is 35.5. The van der Waals surface area contributed by atoms with Crippen molar-refractivity contribution in [1.82, 2.24) is 19.7 Å². The summed E-state index contributed by atoms with van der Waals surface area (Å²) in [5.74, 6) is 2.55. The number of nitrogens with zero attached hydrogens (tertiary/aromatic N) is 4. The van der Waals surface area contributed by atoms with E-state index in [1.165, 1.54) is 5.56 Å². The second-order valence-corrected chi connectivity index (χ2v) is 8.94. The van der Waals surface area contributed by atoms with E-state index in [1.807, 2.05) is 31.2 Å². The summed E-state index contributed by atoms with van der Waals surface area (Å²) in [7, 11) is 0. The summed E-state index contributed by atoms with van der Waals surface area (Å²) >= 11 is 7.87. The normalized spacial score (nSPS) is 14.6. The van der Waals surface area contributed by atoms with Crippen LogP contribution in [0.2, 0.25) is 5.02 Å². The number of morpholine rings is 1. The molecule has 1 aliphatic heterocycles. The molecule has 6 nitrogen and oxygen atoms in total. The Morgan fingerprint density at radius 2 is 1.90 bits per heavy atom. The van der Waals surface area contributed by atoms with Crippen LogP contribution < -0.4 is 4.74 Å². The Balaban J connectivity index is 1.45. The van der Waals surface area contributed by atoms with Gasteiger partial charge in [-0.3, -0.25) is 9.47 Å². The lowest BCUT2D eigenvalue weighted by atomic mass is 10.2. The highest BCUT2D eigenvalue weighted by Gasteiger charge is 2.16. The molecule has 1 aliphatic rings. The lowest BCUT2D eigenvalue weighted by Crippen LogP contribution is -2.37. The lowest BCUT2D eigenvalue weighted by Gasteiger charge is -2.26. The molecule has 31 heavy (non-hydrogen) atoms. The van der Waals surface area contributed by atoms with Gasteiger partial charge in [-0.2, -0.15) is 0 Å². The molecule has 2 heterocycles. The van der Waals surface area contributed by atoms with Crippen LogP contribution in [-0.4, -0.2) is 58.3 Å². The minimum atomic E-state index is 0.352. The average Bonchev–Trinajstić information content (AvgIpc) is 3.17. The van der Waals surface area contributed by atoms with E-state index in [0.717, 1.165) is 65.9 Å². The highest BCUT2D eigenvalue weighted by Crippen LogP contribution is 2.23. The number of ether oxygens (including phenoxy) is 2. The first kappa shape index (κ1) is 22.1. The van der Waals surface area contributed by atoms with Crippen molar-refractivity contribution in [1.29, 1.82) is 0 Å². The van der Waals surface area contributed by atoms with Gasteiger partial charge in [-0.05, 0) is 36.2 Å². The molecule has 3 aromatic rings. The van der Waals surface area contributed by atoms with Gasteiger partial charge >= 0.3 is 0 Å². The quantitative estimate of drug-likeness (QED) is 0.446. The summed E-state index contributed by atoms with van der Waals surface area (Å²) in [6, 6.07) is 16.1. The molecule has 1 fully saturated rings. The molecule has 0 bridgehead atoms. The first-order valence-electron chi connectivity index (χ1n) is 10.5. The van der Waals surface area contributed by atoms with Gasteiger partial charge in [0.05, 0.1) is 19.8 Å². The van der Waals surface area contributed by atoms with Crippen molar-refractivity contribution in [3.63, 3.8) is 0 Å². The molecule has 0 aliphatic carbocycles. The fourth-order valence-corrected chi connectivity index (χ4v) is 4.48. The van der Waals surface area contributed by atoms with E-state index >= 15 is 0 Å². The van der Waals surface area contributed by atoms with E-state index in [-0.39, 0.29) is 0 Å². The van der Waals surface area contributed by atoms with E-state index in [2.05, 4.69) is 43.9 Å². The average molecular weight is 459 g/mol. The van der Waals surface area contributed by atoms with Gasteiger partial charge in [0.15, 0.2) is 11.0 Å². The van der Waals surface area contributed by atoms with Crippen LogP contribution in [0.25, 0.3) is 0 Å². The Morgan fingerprint density at radius 3 is 2.68 bits per heavy atom. The number of halogens is 1. The van der Waals surface area contributed by atoms with Crippen LogP contribution in [0, 0.1) is 6.92 Å². The van der Waals surface area contributed by atoms with E-state index in [9.17, 15) is 0 Å². The van der Waals surface area contributed by atoms with E-state index in [0.29, 0.717) is 13.2 Å². The Morgan fingerprint density at radius 1 is 1.10 bits per heavy atom. The smallest absolute Gasteiger partial charge is 0.191 e. The zero-order valence-corrected chi connectivity index (χ0v) is 19.2. The number of thioether (sulfide) groups is 1. The molecule has 4 rings (SSSR count). The molecular weight excluding hydrogens is 432 g/mol. The van der Waals surface area contributed by atoms with Gasteiger partial charge in [0.2, 0.25) is 0 Å². The number of hydrogen-bond donors (Lipinski definition) is 0. The first-order valence-corrected chi connectivity index (χ1v) is 11.8. The molecule has 0 N–H and O–H groups in total. The largest absolute Gasteiger partial charge is 0.486 e. The van der Waals surface area contributed by atoms with E-state index in [4.69, 9.17) is 21.1 Å². The molecule has 2 aromatic carbocycles. The Labute approximate surface area is 192 Å². The number of hydrogen-bond acceptors (Lipinski definition) is 6. The van der Waals surface area contributed by atoms with Crippen molar-refractivity contribution in [2.45, 2.75) is 25.2 Å². The lowest BCUT2D eigenvalue weighted by molar-refractivity contribution is 0.0410. The molecule has 1 aromatic heterocycles. The zero-order chi connectivity index (χ0) is 21.5. The minimum absolute atomic E-state index is 0.352. The van der Waals surface area contributed by atoms with Gasteiger partial charge in [-0.25, -0.2) is 0 Å². The molecule has 0 atom stereocenters. The molecule has 1 saturated heterocycles. The second kappa shape index (κ2) is 11.0. The second-order valence-electron chi connectivity index (χ2n) is 7.47. The predicted octanol–water partition coefficient (Wildman–Crippen LogP) is 4.29. The standard InChI is InChI=1S/C23H27ClN4O2S/c1-18-15-20(7-8-21(18)24)30-17-22-25-26-23(28(22)16-19-5-3-2-4-6-19)31-14-11-27-9-12-29-13-10-27/h2-8,15H,9-14,16-17H2,1H3. The van der Waals surface area contributed by atoms with Gasteiger partial charge in [0, 0.05) is 30.4 Å². The fourth-order valence-electron chi connectivity index (χ4n) is 3.40. The first-order chi connectivity index (χ1) is 15.2. The van der Waals surface area contributed by atoms with Crippen LogP contribution in [0.5, 0.6) is 5.75 Å². The Bertz CT molecular complexity index is 977. The molecule has 0 amide bonds. The topological polar surface area (TPSA) is 52.4 Å². The van der Waals surface area contributed by atoms with Crippen LogP contribution in [0.3, 0.4) is 0 Å². The van der Waals surface area contributed by atoms with Crippen LogP contribution in [0.4, 0.5) is 0 Å². The van der Waals surface area contributed by atoms with Crippen molar-refractivity contribution in [3.8, 4) is 5.75 Å². The Hall–Kier alpha value is -2.06. The van der Waals surface area contributed by atoms with Gasteiger partial charge in [0.1, 0.15) is 12.4 Å². The molecular formula is C23H27ClN4O2S. The summed E-state index contributed by atoms with van der Waals surface area (Å²) in [5.41, 5.74) is 2.20. The van der Waals surface area contributed by atoms with Crippen molar-refractivity contribution in [2.24, 2.45) is 0 Å². The SMILES string of the molecule is Cc1cc(OCc2nnc(SCCN3CCOCC3)n2Cc2ccccc2)ccc1Cl. The maximum Gasteiger partial charge on any atom is 0.191 e. The molecule has 0 spiro atoms. The van der Waals surface area contributed by atoms with Crippen molar-refractivity contribution >= 4 is 23.4 Å². The summed E-state index contributed by atoms with van der Waals surface area (Å²) in [4.78, 5) is 2.43. The predicted molar refractivity (Wildman–Crippen MR) is 124 cm³/mol. The number of aromatic nitrogens is 3. The van der Waals surface area contributed by atoms with Crippen molar-refractivity contribution in [2.75, 3.05) is 38.6 Å². The summed E-state index contributed by atoms with van der Waals surface area (Å²) in [6.07, 6.45) is 0. The summed E-state index contributed by atoms with van der Waals surface area (Å²) in [6.45, 7) is 7.68. The maximum atomic E-state index is 6.13. The van der Waals surface area contributed by atoms with E-state index in [1.54, 1.807) is 11.8 Å². The number of rotatable bonds is 9. The maximum absolute atomic E-state index is 6.13. The summed E-state index contributed by atoms with van der Waals surface area (Å²) < 4.78 is 13.6. The monoisotopic (exact) mass is 458 g/mol. The van der Waals surface area contributed by atoms with Crippen LogP contribution in [0.1, 0.15) is 17.0 Å². The molecule has 0 saturated carbocycles. The number of benzene rings is 2. The Kier molecular flexibility index (Phi) is 7.86. The van der Waals surface area contributed by atoms with Crippen LogP contribution >= 0.6 is 23.4 Å². The van der Waals surface area contributed by atoms with Crippen molar-refractivity contribution in [3.05, 3.63) is 70.5 Å². The molecule has 164 valence electrons. The number of aryl methyl sites for hydroxylation is 1. The van der Waals surface area contributed by atoms with Crippen molar-refractivity contribution < 1.29 is 9.47 Å². The molecule has 0 unspecified atom stereocenters. The fraction of sp³-hybridized carbons (Fsp3) is 0.391. The van der Waals surface area contributed by atoms with Gasteiger partial charge in [0.25, 0.3) is 0 Å². The van der Waals surface area contributed by atoms with Gasteiger partial charge in [-0.1, -0.05) is 53.7 Å². The molecule has 8 heteroatoms. The molecule has 0 radical (unpaired) electrons. The van der Waals surface area contributed by atoms with Crippen LogP contribution in [0.15, 0.2) is 53.7 Å². The highest BCUT2D eigenvalue weighted by molar-refractivity contribution is 7.99. The third-order valence-electron chi connectivity index (χ3n) is 5.22. The summed E-state index contributed by atoms with van der Waals surface area (Å²) in [5, 5.41) is 10.6. The third kappa shape index (κ3) is 6.23. The van der Waals surface area contributed by atoms with Gasteiger partial charge in [-0.15, -0.1) is 10.2 Å². The zero-order valence-electron chi connectivity index (χ0n) is 17.7. The van der Waals surface area contributed by atoms with E-state index < -0.39 is 0 Å². The minimum Gasteiger partial charge on any atom is -0.486 e. The third-order valence-corrected chi connectivity index (χ3v) is 6.59. The van der Waals surface area contributed by atoms with Crippen LogP contribution in [-0.2, 0) is 17.9 Å². The van der Waals surface area contributed by atoms with Gasteiger partial charge < -0.3 is 9.47 Å².